The number of aromatic nitrogens is 1. The maximum Gasteiger partial charge on any atom is 0.200 e. The van der Waals surface area contributed by atoms with Crippen molar-refractivity contribution in [2.24, 2.45) is 0 Å². The van der Waals surface area contributed by atoms with E-state index >= 15 is 0 Å². The molecule has 0 saturated carbocycles. The summed E-state index contributed by atoms with van der Waals surface area (Å²) >= 11 is 0. The normalized spacial score (nSPS) is 12.8. The molecule has 2 aromatic rings. The van der Waals surface area contributed by atoms with E-state index in [4.69, 9.17) is 0 Å². The third-order valence-electron chi connectivity index (χ3n) is 2.45. The fraction of sp³-hybridized carbons (Fsp3) is 0.0909. The van der Waals surface area contributed by atoms with Crippen LogP contribution in [0.3, 0.4) is 0 Å². The van der Waals surface area contributed by atoms with E-state index in [2.05, 4.69) is 4.98 Å². The SMILES string of the molecule is OC(c1cc[nH]c1)c1c(F)c(F)c(F)c(F)c1F. The Kier molecular flexibility index (Phi) is 3.08. The molecule has 2 N–H and O–H groups in total. The van der Waals surface area contributed by atoms with Gasteiger partial charge in [0.2, 0.25) is 5.82 Å². The van der Waals surface area contributed by atoms with Gasteiger partial charge in [-0.25, -0.2) is 22.0 Å². The lowest BCUT2D eigenvalue weighted by atomic mass is 10.0. The van der Waals surface area contributed by atoms with E-state index in [0.29, 0.717) is 0 Å². The number of H-pyrrole nitrogens is 1. The summed E-state index contributed by atoms with van der Waals surface area (Å²) in [5.74, 6) is -10.5. The molecule has 1 aromatic heterocycles. The number of hydrogen-bond donors (Lipinski definition) is 2. The summed E-state index contributed by atoms with van der Waals surface area (Å²) in [6, 6.07) is 1.25. The molecule has 0 fully saturated rings. The van der Waals surface area contributed by atoms with Gasteiger partial charge >= 0.3 is 0 Å². The number of halogens is 5. The molecule has 2 rings (SSSR count). The molecule has 0 aliphatic heterocycles. The molecule has 0 radical (unpaired) electrons. The molecule has 1 unspecified atom stereocenters. The summed E-state index contributed by atoms with van der Waals surface area (Å²) in [5.41, 5.74) is -1.29. The Morgan fingerprint density at radius 3 is 1.83 bits per heavy atom. The Bertz CT molecular complexity index is 553. The predicted molar refractivity (Wildman–Crippen MR) is 51.1 cm³/mol. The second kappa shape index (κ2) is 4.41. The van der Waals surface area contributed by atoms with Gasteiger partial charge in [-0.2, -0.15) is 0 Å². The van der Waals surface area contributed by atoms with Crippen molar-refractivity contribution in [3.8, 4) is 0 Å². The summed E-state index contributed by atoms with van der Waals surface area (Å²) in [7, 11) is 0. The Morgan fingerprint density at radius 1 is 0.889 bits per heavy atom. The van der Waals surface area contributed by atoms with Crippen molar-refractivity contribution >= 4 is 0 Å². The van der Waals surface area contributed by atoms with Gasteiger partial charge in [0.05, 0.1) is 5.56 Å². The quantitative estimate of drug-likeness (QED) is 0.488. The summed E-state index contributed by atoms with van der Waals surface area (Å²) < 4.78 is 65.3. The van der Waals surface area contributed by atoms with Crippen LogP contribution < -0.4 is 0 Å². The van der Waals surface area contributed by atoms with Crippen molar-refractivity contribution in [2.75, 3.05) is 0 Å². The van der Waals surface area contributed by atoms with Crippen molar-refractivity contribution in [2.45, 2.75) is 6.10 Å². The highest BCUT2D eigenvalue weighted by Gasteiger charge is 2.30. The maximum atomic E-state index is 13.4. The number of hydrogen-bond acceptors (Lipinski definition) is 1. The van der Waals surface area contributed by atoms with E-state index in [0.717, 1.165) is 0 Å². The van der Waals surface area contributed by atoms with E-state index in [-0.39, 0.29) is 5.56 Å². The highest BCUT2D eigenvalue weighted by Crippen LogP contribution is 2.31. The van der Waals surface area contributed by atoms with E-state index in [1.54, 1.807) is 0 Å². The second-order valence-electron chi connectivity index (χ2n) is 3.53. The van der Waals surface area contributed by atoms with Crippen LogP contribution in [0.5, 0.6) is 0 Å². The number of aromatic amines is 1. The largest absolute Gasteiger partial charge is 0.383 e. The first kappa shape index (κ1) is 12.6. The van der Waals surface area contributed by atoms with Gasteiger partial charge in [-0.3, -0.25) is 0 Å². The number of nitrogens with one attached hydrogen (secondary N) is 1. The van der Waals surface area contributed by atoms with Gasteiger partial charge in [0, 0.05) is 18.0 Å². The van der Waals surface area contributed by atoms with Crippen LogP contribution in [-0.2, 0) is 0 Å². The van der Waals surface area contributed by atoms with Crippen LogP contribution in [0.15, 0.2) is 18.5 Å². The second-order valence-corrected chi connectivity index (χ2v) is 3.53. The predicted octanol–water partition coefficient (Wildman–Crippen LogP) is 2.79. The highest BCUT2D eigenvalue weighted by atomic mass is 19.2. The zero-order valence-electron chi connectivity index (χ0n) is 8.65. The van der Waals surface area contributed by atoms with Crippen molar-refractivity contribution in [3.63, 3.8) is 0 Å². The van der Waals surface area contributed by atoms with E-state index < -0.39 is 40.8 Å². The lowest BCUT2D eigenvalue weighted by molar-refractivity contribution is 0.203. The molecule has 0 amide bonds. The molecule has 0 spiro atoms. The zero-order valence-corrected chi connectivity index (χ0v) is 8.65. The fourth-order valence-corrected chi connectivity index (χ4v) is 1.54. The third-order valence-corrected chi connectivity index (χ3v) is 2.45. The van der Waals surface area contributed by atoms with E-state index in [9.17, 15) is 27.1 Å². The first-order valence-electron chi connectivity index (χ1n) is 4.77. The Morgan fingerprint density at radius 2 is 1.39 bits per heavy atom. The summed E-state index contributed by atoms with van der Waals surface area (Å²) in [6.45, 7) is 0. The van der Waals surface area contributed by atoms with Crippen molar-refractivity contribution in [1.82, 2.24) is 4.98 Å². The lowest BCUT2D eigenvalue weighted by Gasteiger charge is -2.13. The molecule has 0 saturated heterocycles. The molecule has 1 heterocycles. The molecular formula is C11H6F5NO. The zero-order chi connectivity index (χ0) is 13.4. The molecule has 96 valence electrons. The van der Waals surface area contributed by atoms with Crippen LogP contribution in [0.1, 0.15) is 17.2 Å². The van der Waals surface area contributed by atoms with E-state index in [1.807, 2.05) is 0 Å². The smallest absolute Gasteiger partial charge is 0.200 e. The van der Waals surface area contributed by atoms with Gasteiger partial charge in [0.25, 0.3) is 0 Å². The number of aliphatic hydroxyl groups is 1. The van der Waals surface area contributed by atoms with Crippen LogP contribution in [0.25, 0.3) is 0 Å². The Labute approximate surface area is 97.7 Å². The van der Waals surface area contributed by atoms with Crippen LogP contribution in [0.4, 0.5) is 22.0 Å². The summed E-state index contributed by atoms with van der Waals surface area (Å²) in [6.07, 6.45) is 0.577. The lowest BCUT2D eigenvalue weighted by Crippen LogP contribution is -2.11. The van der Waals surface area contributed by atoms with E-state index in [1.165, 1.54) is 18.5 Å². The monoisotopic (exact) mass is 263 g/mol. The first-order valence-corrected chi connectivity index (χ1v) is 4.77. The van der Waals surface area contributed by atoms with Gasteiger partial charge in [0.1, 0.15) is 6.10 Å². The van der Waals surface area contributed by atoms with Crippen molar-refractivity contribution in [3.05, 3.63) is 58.7 Å². The highest BCUT2D eigenvalue weighted by molar-refractivity contribution is 5.32. The average Bonchev–Trinajstić information content (AvgIpc) is 2.88. The molecule has 1 aromatic carbocycles. The minimum absolute atomic E-state index is 0.0155. The molecule has 0 bridgehead atoms. The molecule has 18 heavy (non-hydrogen) atoms. The molecule has 7 heteroatoms. The van der Waals surface area contributed by atoms with Gasteiger partial charge in [-0.15, -0.1) is 0 Å². The fourth-order valence-electron chi connectivity index (χ4n) is 1.54. The Hall–Kier alpha value is -1.89. The van der Waals surface area contributed by atoms with Gasteiger partial charge in [-0.1, -0.05) is 0 Å². The van der Waals surface area contributed by atoms with Crippen LogP contribution in [0, 0.1) is 29.1 Å². The van der Waals surface area contributed by atoms with Gasteiger partial charge < -0.3 is 10.1 Å². The first-order chi connectivity index (χ1) is 8.45. The van der Waals surface area contributed by atoms with Crippen LogP contribution in [-0.4, -0.2) is 10.1 Å². The molecule has 0 aliphatic rings. The third kappa shape index (κ3) is 1.76. The number of rotatable bonds is 2. The van der Waals surface area contributed by atoms with Crippen molar-refractivity contribution < 1.29 is 27.1 Å². The molecule has 0 aliphatic carbocycles. The van der Waals surface area contributed by atoms with Gasteiger partial charge in [-0.05, 0) is 6.07 Å². The molecule has 1 atom stereocenters. The van der Waals surface area contributed by atoms with Crippen molar-refractivity contribution in [1.29, 1.82) is 0 Å². The minimum atomic E-state index is -2.25. The van der Waals surface area contributed by atoms with Crippen LogP contribution in [0.2, 0.25) is 0 Å². The molecule has 2 nitrogen and oxygen atoms in total. The average molecular weight is 263 g/mol. The summed E-state index contributed by atoms with van der Waals surface area (Å²) in [5, 5.41) is 9.63. The molecular weight excluding hydrogens is 257 g/mol. The Balaban J connectivity index is 2.65. The standard InChI is InChI=1S/C11H6F5NO/c12-6-5(11(18)4-1-2-17-3-4)7(13)9(15)10(16)8(6)14/h1-3,11,17-18H. The number of aliphatic hydroxyl groups excluding tert-OH is 1. The van der Waals surface area contributed by atoms with Gasteiger partial charge in [0.15, 0.2) is 23.3 Å². The maximum absolute atomic E-state index is 13.4. The minimum Gasteiger partial charge on any atom is -0.383 e. The summed E-state index contributed by atoms with van der Waals surface area (Å²) in [4.78, 5) is 2.49. The number of benzene rings is 1. The van der Waals surface area contributed by atoms with Crippen LogP contribution >= 0.6 is 0 Å². The topological polar surface area (TPSA) is 36.0 Å².